The zero-order chi connectivity index (χ0) is 54.4. The third kappa shape index (κ3) is 43.0. The van der Waals surface area contributed by atoms with Gasteiger partial charge in [0.1, 0.15) is 30.8 Å². The number of carboxylic acid groups (broad SMARTS) is 4. The van der Waals surface area contributed by atoms with E-state index in [9.17, 15) is 63.3 Å². The number of hydrogen-bond acceptors (Lipinski definition) is 14. The van der Waals surface area contributed by atoms with Crippen LogP contribution in [0.4, 0.5) is 0 Å². The predicted octanol–water partition coefficient (Wildman–Crippen LogP) is 6.39. The number of Topliss-reactive ketones (excluding diaryl/α,β-unsaturated/α-hetero) is 4. The lowest BCUT2D eigenvalue weighted by Gasteiger charge is -2.14. The Kier molecular flexibility index (Phi) is 45.7. The number of ketones is 4. The minimum Gasteiger partial charge on any atom is -0.481 e. The topological polar surface area (TPSA) is 326 Å². The number of likely N-dealkylation sites (N-methyl/N-ethyl adjacent to an activating group) is 1. The summed E-state index contributed by atoms with van der Waals surface area (Å²) in [7, 11) is 1.62. The molecule has 0 saturated carbocycles. The van der Waals surface area contributed by atoms with Crippen LogP contribution in [0, 0.1) is 11.8 Å². The monoisotopic (exact) mass is 1030 g/mol. The first kappa shape index (κ1) is 69.4. The van der Waals surface area contributed by atoms with Crippen molar-refractivity contribution in [2.24, 2.45) is 11.8 Å². The van der Waals surface area contributed by atoms with E-state index in [-0.39, 0.29) is 93.6 Å². The van der Waals surface area contributed by atoms with E-state index in [2.05, 4.69) is 16.0 Å². The second-order valence-electron chi connectivity index (χ2n) is 18.3. The van der Waals surface area contributed by atoms with Gasteiger partial charge >= 0.3 is 23.9 Å². The van der Waals surface area contributed by atoms with Gasteiger partial charge in [-0.15, -0.1) is 0 Å². The molecule has 0 aromatic heterocycles. The summed E-state index contributed by atoms with van der Waals surface area (Å²) in [5.41, 5.74) is 0. The number of rotatable bonds is 50. The number of carboxylic acids is 4. The van der Waals surface area contributed by atoms with Crippen molar-refractivity contribution in [3.63, 3.8) is 0 Å². The molecule has 20 nitrogen and oxygen atoms in total. The molecule has 0 aliphatic rings. The van der Waals surface area contributed by atoms with Gasteiger partial charge < -0.3 is 51.0 Å². The SMILES string of the molecule is CCOCC(=O)C[C@@H](CCC(=O)C[C@@H](CCC(=O)NCCCC[C@H](NC)C(=O)CO)C(=O)O)C(=O)O.CCOCCCC(=O)CC[C@H](NC(=O)CCCCCCCCCCCCCCCCC(=O)O)C(=O)O. The van der Waals surface area contributed by atoms with Crippen molar-refractivity contribution in [1.29, 1.82) is 0 Å². The highest BCUT2D eigenvalue weighted by atomic mass is 16.5. The summed E-state index contributed by atoms with van der Waals surface area (Å²) in [6, 6.07) is -1.45. The van der Waals surface area contributed by atoms with Gasteiger partial charge in [-0.25, -0.2) is 4.79 Å². The summed E-state index contributed by atoms with van der Waals surface area (Å²) in [5, 5.41) is 53.6. The largest absolute Gasteiger partial charge is 0.481 e. The first-order valence-corrected chi connectivity index (χ1v) is 26.4. The van der Waals surface area contributed by atoms with Crippen LogP contribution in [0.3, 0.4) is 0 Å². The Morgan fingerprint density at radius 3 is 1.44 bits per heavy atom. The summed E-state index contributed by atoms with van der Waals surface area (Å²) < 4.78 is 10.2. The van der Waals surface area contributed by atoms with E-state index in [0.717, 1.165) is 44.9 Å². The van der Waals surface area contributed by atoms with E-state index in [4.69, 9.17) is 19.7 Å². The maximum atomic E-state index is 12.3. The molecule has 2 amide bonds. The number of aliphatic hydroxyl groups is 1. The average molecular weight is 1030 g/mol. The van der Waals surface area contributed by atoms with Gasteiger partial charge in [0.25, 0.3) is 0 Å². The Morgan fingerprint density at radius 1 is 0.458 bits per heavy atom. The van der Waals surface area contributed by atoms with Gasteiger partial charge in [0.15, 0.2) is 11.6 Å². The molecule has 0 spiro atoms. The molecule has 0 radical (unpaired) electrons. The van der Waals surface area contributed by atoms with Gasteiger partial charge in [-0.05, 0) is 78.7 Å². The van der Waals surface area contributed by atoms with Crippen molar-refractivity contribution in [2.75, 3.05) is 46.6 Å². The molecule has 4 atom stereocenters. The van der Waals surface area contributed by atoms with Crippen molar-refractivity contribution in [2.45, 2.75) is 212 Å². The second-order valence-corrected chi connectivity index (χ2v) is 18.3. The van der Waals surface area contributed by atoms with Crippen molar-refractivity contribution in [1.82, 2.24) is 16.0 Å². The molecule has 0 unspecified atom stereocenters. The Labute approximate surface area is 427 Å². The van der Waals surface area contributed by atoms with Crippen molar-refractivity contribution in [3.8, 4) is 0 Å². The highest BCUT2D eigenvalue weighted by molar-refractivity contribution is 5.87. The Morgan fingerprint density at radius 2 is 0.958 bits per heavy atom. The molecule has 0 aromatic rings. The summed E-state index contributed by atoms with van der Waals surface area (Å²) in [4.78, 5) is 116. The van der Waals surface area contributed by atoms with Gasteiger partial charge in [-0.3, -0.25) is 43.2 Å². The third-order valence-electron chi connectivity index (χ3n) is 12.1. The van der Waals surface area contributed by atoms with Crippen LogP contribution >= 0.6 is 0 Å². The number of nitrogens with one attached hydrogen (secondary N) is 3. The second kappa shape index (κ2) is 47.4. The summed E-state index contributed by atoms with van der Waals surface area (Å²) in [5.74, 6) is -8.09. The Hall–Kier alpha value is -4.66. The van der Waals surface area contributed by atoms with Gasteiger partial charge in [-0.2, -0.15) is 0 Å². The standard InChI is InChI=1S/C28H51NO7.C24H40N2O10/c1-2-36-23-17-18-24(30)21-22-25(28(34)35)29-26(31)19-15-13-11-9-7-5-3-4-6-8-10-12-14-16-20-27(32)33;1-3-36-15-19(29)13-16(23(32)33)7-9-18(28)12-17(24(34)35)8-10-22(31)26-11-5-4-6-20(25-2)21(30)14-27/h25H,2-23H2,1H3,(H,29,31)(H,32,33)(H,34,35);16-17,20,25,27H,3-15H2,1-2H3,(H,26,31)(H,32,33)(H,34,35)/t25-;16-,17-,20+/m01/s1. The smallest absolute Gasteiger partial charge is 0.326 e. The zero-order valence-electron chi connectivity index (χ0n) is 43.7. The van der Waals surface area contributed by atoms with Crippen LogP contribution in [0.25, 0.3) is 0 Å². The fourth-order valence-electron chi connectivity index (χ4n) is 7.71. The fourth-order valence-corrected chi connectivity index (χ4v) is 7.71. The lowest BCUT2D eigenvalue weighted by molar-refractivity contribution is -0.146. The highest BCUT2D eigenvalue weighted by Gasteiger charge is 2.26. The predicted molar refractivity (Wildman–Crippen MR) is 269 cm³/mol. The van der Waals surface area contributed by atoms with Crippen molar-refractivity contribution in [3.05, 3.63) is 0 Å². The molecule has 0 fully saturated rings. The Balaban J connectivity index is 0. The van der Waals surface area contributed by atoms with Crippen molar-refractivity contribution >= 4 is 58.8 Å². The van der Waals surface area contributed by atoms with Crippen LogP contribution in [0.15, 0.2) is 0 Å². The van der Waals surface area contributed by atoms with Crippen LogP contribution in [-0.2, 0) is 57.4 Å². The summed E-state index contributed by atoms with van der Waals surface area (Å²) in [6.07, 6.45) is 18.2. The molecule has 0 aliphatic carbocycles. The van der Waals surface area contributed by atoms with E-state index < -0.39 is 60.2 Å². The third-order valence-corrected chi connectivity index (χ3v) is 12.1. The van der Waals surface area contributed by atoms with E-state index in [1.165, 1.54) is 44.9 Å². The highest BCUT2D eigenvalue weighted by Crippen LogP contribution is 2.19. The lowest BCUT2D eigenvalue weighted by Crippen LogP contribution is -2.41. The first-order valence-electron chi connectivity index (χ1n) is 26.4. The molecular weight excluding hydrogens is 939 g/mol. The lowest BCUT2D eigenvalue weighted by atomic mass is 9.91. The van der Waals surface area contributed by atoms with E-state index in [1.54, 1.807) is 14.0 Å². The molecule has 0 heterocycles. The molecule has 0 aromatic carbocycles. The quantitative estimate of drug-likeness (QED) is 0.0306. The number of carbonyl (C=O) groups is 10. The molecule has 72 heavy (non-hydrogen) atoms. The van der Waals surface area contributed by atoms with Gasteiger partial charge in [0, 0.05) is 77.7 Å². The van der Waals surface area contributed by atoms with Gasteiger partial charge in [-0.1, -0.05) is 77.0 Å². The van der Waals surface area contributed by atoms with Gasteiger partial charge in [0.2, 0.25) is 11.8 Å². The van der Waals surface area contributed by atoms with Crippen LogP contribution < -0.4 is 16.0 Å². The first-order chi connectivity index (χ1) is 34.4. The number of hydrogen-bond donors (Lipinski definition) is 8. The molecule has 0 aliphatic heterocycles. The molecular formula is C52H91N3O17. The summed E-state index contributed by atoms with van der Waals surface area (Å²) in [6.45, 7) is 4.67. The molecule has 20 heteroatoms. The van der Waals surface area contributed by atoms with Crippen LogP contribution in [-0.4, -0.2) is 143 Å². The van der Waals surface area contributed by atoms with Crippen molar-refractivity contribution < 1.29 is 83.0 Å². The summed E-state index contributed by atoms with van der Waals surface area (Å²) >= 11 is 0. The fraction of sp³-hybridized carbons (Fsp3) is 0.808. The molecule has 0 rings (SSSR count). The number of carbonyl (C=O) groups excluding carboxylic acids is 6. The molecule has 416 valence electrons. The number of aliphatic carboxylic acids is 4. The zero-order valence-corrected chi connectivity index (χ0v) is 43.7. The van der Waals surface area contributed by atoms with E-state index >= 15 is 0 Å². The molecule has 0 saturated heterocycles. The maximum absolute atomic E-state index is 12.3. The number of unbranched alkanes of at least 4 members (excludes halogenated alkanes) is 14. The number of aliphatic hydroxyl groups excluding tert-OH is 1. The Bertz CT molecular complexity index is 1560. The number of amides is 2. The van der Waals surface area contributed by atoms with Crippen LogP contribution in [0.2, 0.25) is 0 Å². The van der Waals surface area contributed by atoms with E-state index in [0.29, 0.717) is 64.9 Å². The normalized spacial score (nSPS) is 12.6. The molecule has 0 bridgehead atoms. The van der Waals surface area contributed by atoms with E-state index in [1.807, 2.05) is 6.92 Å². The number of ether oxygens (including phenoxy) is 2. The molecule has 8 N–H and O–H groups in total. The minimum atomic E-state index is -1.22. The minimum absolute atomic E-state index is 0.000154. The average Bonchev–Trinajstić information content (AvgIpc) is 3.34. The van der Waals surface area contributed by atoms with Gasteiger partial charge in [0.05, 0.1) is 17.9 Å². The van der Waals surface area contributed by atoms with Crippen LogP contribution in [0.1, 0.15) is 200 Å². The maximum Gasteiger partial charge on any atom is 0.326 e. The van der Waals surface area contributed by atoms with Crippen LogP contribution in [0.5, 0.6) is 0 Å².